The zero-order valence-electron chi connectivity index (χ0n) is 32.6. The lowest BCUT2D eigenvalue weighted by atomic mass is 9.97. The molecule has 0 aliphatic carbocycles. The largest absolute Gasteiger partial charge is 0.309 e. The van der Waals surface area contributed by atoms with E-state index in [4.69, 9.17) is 9.97 Å². The van der Waals surface area contributed by atoms with Crippen molar-refractivity contribution in [2.75, 3.05) is 0 Å². The quantitative estimate of drug-likeness (QED) is 0.169. The Morgan fingerprint density at radius 1 is 0.300 bits per heavy atom. The van der Waals surface area contributed by atoms with Crippen molar-refractivity contribution >= 4 is 54.5 Å². The van der Waals surface area contributed by atoms with E-state index in [1.54, 1.807) is 0 Å². The summed E-state index contributed by atoms with van der Waals surface area (Å²) < 4.78 is 4.74. The van der Waals surface area contributed by atoms with Crippen LogP contribution in [-0.2, 0) is 0 Å². The Hall–Kier alpha value is -8.08. The van der Waals surface area contributed by atoms with E-state index in [1.807, 2.05) is 0 Å². The van der Waals surface area contributed by atoms with E-state index in [-0.39, 0.29) is 0 Å². The monoisotopic (exact) mass is 764 g/mol. The van der Waals surface area contributed by atoms with Gasteiger partial charge in [-0.2, -0.15) is 0 Å². The van der Waals surface area contributed by atoms with Gasteiger partial charge in [-0.05, 0) is 89.0 Å². The van der Waals surface area contributed by atoms with Crippen LogP contribution in [0.2, 0.25) is 0 Å². The fraction of sp³-hybridized carbons (Fsp3) is 0. The van der Waals surface area contributed by atoms with Gasteiger partial charge >= 0.3 is 0 Å². The third-order valence-corrected chi connectivity index (χ3v) is 11.9. The van der Waals surface area contributed by atoms with Crippen molar-refractivity contribution in [3.63, 3.8) is 0 Å². The summed E-state index contributed by atoms with van der Waals surface area (Å²) in [5.74, 6) is 0.698. The third-order valence-electron chi connectivity index (χ3n) is 11.9. The number of benzene rings is 9. The van der Waals surface area contributed by atoms with Crippen LogP contribution < -0.4 is 0 Å². The summed E-state index contributed by atoms with van der Waals surface area (Å²) in [6.07, 6.45) is 0. The van der Waals surface area contributed by atoms with E-state index < -0.39 is 0 Å². The smallest absolute Gasteiger partial charge is 0.160 e. The molecule has 280 valence electrons. The Morgan fingerprint density at radius 2 is 0.850 bits per heavy atom. The van der Waals surface area contributed by atoms with Crippen molar-refractivity contribution in [3.05, 3.63) is 218 Å². The Kier molecular flexibility index (Phi) is 7.82. The summed E-state index contributed by atoms with van der Waals surface area (Å²) >= 11 is 0. The molecule has 0 N–H and O–H groups in total. The van der Waals surface area contributed by atoms with Gasteiger partial charge in [-0.1, -0.05) is 152 Å². The second-order valence-electron chi connectivity index (χ2n) is 15.4. The molecule has 0 saturated carbocycles. The Balaban J connectivity index is 1.01. The van der Waals surface area contributed by atoms with Crippen LogP contribution in [0.1, 0.15) is 0 Å². The topological polar surface area (TPSA) is 35.6 Å². The lowest BCUT2D eigenvalue weighted by Gasteiger charge is -2.13. The number of hydrogen-bond acceptors (Lipinski definition) is 2. The highest BCUT2D eigenvalue weighted by Crippen LogP contribution is 2.41. The summed E-state index contributed by atoms with van der Waals surface area (Å²) in [6.45, 7) is 0. The van der Waals surface area contributed by atoms with E-state index in [2.05, 4.69) is 228 Å². The van der Waals surface area contributed by atoms with Crippen LogP contribution in [0, 0.1) is 0 Å². The Labute approximate surface area is 346 Å². The number of rotatable bonds is 6. The molecule has 12 aromatic rings. The minimum absolute atomic E-state index is 0.698. The molecule has 0 fully saturated rings. The molecule has 0 spiro atoms. The van der Waals surface area contributed by atoms with E-state index in [9.17, 15) is 0 Å². The van der Waals surface area contributed by atoms with Crippen LogP contribution in [0.25, 0.3) is 111 Å². The zero-order chi connectivity index (χ0) is 39.6. The highest BCUT2D eigenvalue weighted by molar-refractivity contribution is 6.16. The fourth-order valence-electron chi connectivity index (χ4n) is 9.20. The third kappa shape index (κ3) is 5.46. The second-order valence-corrected chi connectivity index (χ2v) is 15.4. The van der Waals surface area contributed by atoms with Gasteiger partial charge in [-0.3, -0.25) is 0 Å². The standard InChI is InChI=1S/C56H36N4/c1-4-16-37(17-5-1)55-48-35-38(39-30-32-46-45-24-10-12-27-50(45)60(53(46)36-39)43-22-8-3-9-23-43)31-33-49(48)57-56(58-55)41-19-14-18-40(34-41)44-26-15-29-52-54(44)47-25-11-13-28-51(47)59(52)42-20-6-2-7-21-42/h1-36H. The lowest BCUT2D eigenvalue weighted by molar-refractivity contribution is 1.18. The molecule has 9 aromatic carbocycles. The predicted molar refractivity (Wildman–Crippen MR) is 250 cm³/mol. The fourth-order valence-corrected chi connectivity index (χ4v) is 9.20. The average molecular weight is 765 g/mol. The first kappa shape index (κ1) is 34.0. The molecule has 12 rings (SSSR count). The first-order valence-electron chi connectivity index (χ1n) is 20.4. The highest BCUT2D eigenvalue weighted by atomic mass is 15.0. The van der Waals surface area contributed by atoms with Crippen LogP contribution in [0.15, 0.2) is 218 Å². The van der Waals surface area contributed by atoms with Crippen molar-refractivity contribution < 1.29 is 0 Å². The van der Waals surface area contributed by atoms with Crippen molar-refractivity contribution in [2.24, 2.45) is 0 Å². The van der Waals surface area contributed by atoms with Gasteiger partial charge in [0.05, 0.1) is 33.3 Å². The molecule has 3 heterocycles. The van der Waals surface area contributed by atoms with Gasteiger partial charge in [0.2, 0.25) is 0 Å². The van der Waals surface area contributed by atoms with Crippen LogP contribution in [0.5, 0.6) is 0 Å². The summed E-state index contributed by atoms with van der Waals surface area (Å²) in [4.78, 5) is 10.7. The molecular weight excluding hydrogens is 729 g/mol. The zero-order valence-corrected chi connectivity index (χ0v) is 32.6. The molecule has 0 radical (unpaired) electrons. The first-order valence-corrected chi connectivity index (χ1v) is 20.4. The number of hydrogen-bond donors (Lipinski definition) is 0. The number of para-hydroxylation sites is 4. The molecule has 0 bridgehead atoms. The van der Waals surface area contributed by atoms with Gasteiger partial charge in [0.25, 0.3) is 0 Å². The van der Waals surface area contributed by atoms with E-state index in [1.165, 1.54) is 49.2 Å². The van der Waals surface area contributed by atoms with Crippen molar-refractivity contribution in [1.29, 1.82) is 0 Å². The number of fused-ring (bicyclic) bond motifs is 7. The minimum Gasteiger partial charge on any atom is -0.309 e. The van der Waals surface area contributed by atoms with Crippen LogP contribution in [-0.4, -0.2) is 19.1 Å². The van der Waals surface area contributed by atoms with E-state index in [0.29, 0.717) is 5.82 Å². The minimum atomic E-state index is 0.698. The normalized spacial score (nSPS) is 11.7. The molecule has 0 saturated heterocycles. The predicted octanol–water partition coefficient (Wildman–Crippen LogP) is 14.5. The molecule has 4 nitrogen and oxygen atoms in total. The maximum atomic E-state index is 5.38. The number of nitrogens with zero attached hydrogens (tertiary/aromatic N) is 4. The van der Waals surface area contributed by atoms with Gasteiger partial charge in [0.15, 0.2) is 5.82 Å². The van der Waals surface area contributed by atoms with Crippen molar-refractivity contribution in [1.82, 2.24) is 19.1 Å². The number of aromatic nitrogens is 4. The second kappa shape index (κ2) is 13.8. The SMILES string of the molecule is c1ccc(-c2nc(-c3cccc(-c4cccc5c4c4ccccc4n5-c4ccccc4)c3)nc3ccc(-c4ccc5c6ccccc6n(-c6ccccc6)c5c4)cc23)cc1. The molecule has 4 heteroatoms. The highest BCUT2D eigenvalue weighted by Gasteiger charge is 2.19. The van der Waals surface area contributed by atoms with Gasteiger partial charge in [-0.25, -0.2) is 9.97 Å². The van der Waals surface area contributed by atoms with Gasteiger partial charge in [-0.15, -0.1) is 0 Å². The molecule has 0 unspecified atom stereocenters. The molecule has 0 aliphatic heterocycles. The maximum Gasteiger partial charge on any atom is 0.160 e. The lowest BCUT2D eigenvalue weighted by Crippen LogP contribution is -1.96. The molecule has 0 atom stereocenters. The van der Waals surface area contributed by atoms with Crippen LogP contribution in [0.3, 0.4) is 0 Å². The van der Waals surface area contributed by atoms with Crippen LogP contribution >= 0.6 is 0 Å². The summed E-state index contributed by atoms with van der Waals surface area (Å²) in [5.41, 5.74) is 15.4. The van der Waals surface area contributed by atoms with Gasteiger partial charge in [0, 0.05) is 49.4 Å². The summed E-state index contributed by atoms with van der Waals surface area (Å²) in [7, 11) is 0. The molecule has 60 heavy (non-hydrogen) atoms. The molecule has 0 aliphatic rings. The molecular formula is C56H36N4. The maximum absolute atomic E-state index is 5.38. The van der Waals surface area contributed by atoms with Gasteiger partial charge < -0.3 is 9.13 Å². The van der Waals surface area contributed by atoms with E-state index in [0.717, 1.165) is 55.8 Å². The van der Waals surface area contributed by atoms with Crippen molar-refractivity contribution in [3.8, 4) is 56.3 Å². The summed E-state index contributed by atoms with van der Waals surface area (Å²) in [5, 5.41) is 5.95. The van der Waals surface area contributed by atoms with Crippen molar-refractivity contribution in [2.45, 2.75) is 0 Å². The molecule has 0 amide bonds. The van der Waals surface area contributed by atoms with Crippen LogP contribution in [0.4, 0.5) is 0 Å². The Morgan fingerprint density at radius 3 is 1.62 bits per heavy atom. The van der Waals surface area contributed by atoms with Gasteiger partial charge in [0.1, 0.15) is 0 Å². The molecule has 3 aromatic heterocycles. The first-order chi connectivity index (χ1) is 29.8. The summed E-state index contributed by atoms with van der Waals surface area (Å²) in [6, 6.07) is 77.9. The Bertz CT molecular complexity index is 3580. The average Bonchev–Trinajstić information content (AvgIpc) is 3.85. The van der Waals surface area contributed by atoms with E-state index >= 15 is 0 Å².